The van der Waals surface area contributed by atoms with Crippen LogP contribution in [0.5, 0.6) is 5.88 Å². The molecule has 29 heavy (non-hydrogen) atoms. The molecule has 4 aromatic rings. The average Bonchev–Trinajstić information content (AvgIpc) is 3.28. The second-order valence-electron chi connectivity index (χ2n) is 7.47. The lowest BCUT2D eigenvalue weighted by molar-refractivity contribution is -0.0437. The minimum absolute atomic E-state index is 0.000302. The van der Waals surface area contributed by atoms with Gasteiger partial charge in [0, 0.05) is 42.4 Å². The van der Waals surface area contributed by atoms with Gasteiger partial charge >= 0.3 is 0 Å². The molecule has 0 spiro atoms. The molecule has 4 aromatic heterocycles. The first-order chi connectivity index (χ1) is 14.0. The van der Waals surface area contributed by atoms with E-state index in [0.29, 0.717) is 24.4 Å². The van der Waals surface area contributed by atoms with Crippen molar-refractivity contribution in [2.24, 2.45) is 0 Å². The number of aromatic nitrogens is 6. The summed E-state index contributed by atoms with van der Waals surface area (Å²) < 4.78 is 36.4. The number of nitrogens with zero attached hydrogens (tertiary/aromatic N) is 6. The van der Waals surface area contributed by atoms with Crippen molar-refractivity contribution in [3.63, 3.8) is 0 Å². The van der Waals surface area contributed by atoms with Gasteiger partial charge in [0.15, 0.2) is 5.65 Å². The third-order valence-electron chi connectivity index (χ3n) is 5.70. The van der Waals surface area contributed by atoms with E-state index in [1.165, 1.54) is 6.33 Å². The normalized spacial score (nSPS) is 17.2. The number of halogens is 2. The van der Waals surface area contributed by atoms with E-state index in [2.05, 4.69) is 24.6 Å². The standard InChI is InChI=1S/C20H20F2N6O/c1-12-26-18-16(28(12)14-3-6-20(21,22)7-4-14)9-13(10-23-18)15-5-8-27-17(15)19(29-2)24-11-25-27/h5,8-11,14H,3-4,6-7H2,1-2H3. The van der Waals surface area contributed by atoms with E-state index in [0.717, 1.165) is 28.0 Å². The summed E-state index contributed by atoms with van der Waals surface area (Å²) in [6.07, 6.45) is 5.71. The van der Waals surface area contributed by atoms with Gasteiger partial charge in [-0.3, -0.25) is 0 Å². The van der Waals surface area contributed by atoms with Gasteiger partial charge in [-0.25, -0.2) is 23.3 Å². The Kier molecular flexibility index (Phi) is 4.01. The molecular weight excluding hydrogens is 378 g/mol. The Hall–Kier alpha value is -3.10. The molecule has 4 heterocycles. The summed E-state index contributed by atoms with van der Waals surface area (Å²) >= 11 is 0. The van der Waals surface area contributed by atoms with Gasteiger partial charge in [-0.05, 0) is 31.9 Å². The highest BCUT2D eigenvalue weighted by Gasteiger charge is 2.36. The molecule has 0 bridgehead atoms. The number of ether oxygens (including phenoxy) is 1. The fourth-order valence-corrected chi connectivity index (χ4v) is 4.29. The summed E-state index contributed by atoms with van der Waals surface area (Å²) in [6, 6.07) is 3.95. The van der Waals surface area contributed by atoms with Crippen LogP contribution in [0.3, 0.4) is 0 Å². The van der Waals surface area contributed by atoms with Crippen LogP contribution in [-0.2, 0) is 0 Å². The molecule has 0 saturated heterocycles. The Morgan fingerprint density at radius 3 is 2.76 bits per heavy atom. The quantitative estimate of drug-likeness (QED) is 0.517. The maximum atomic E-state index is 13.6. The summed E-state index contributed by atoms with van der Waals surface area (Å²) in [5, 5.41) is 4.22. The minimum atomic E-state index is -2.56. The average molecular weight is 398 g/mol. The third kappa shape index (κ3) is 2.92. The Balaban J connectivity index is 1.63. The number of rotatable bonds is 3. The molecule has 5 rings (SSSR count). The Morgan fingerprint density at radius 2 is 2.00 bits per heavy atom. The van der Waals surface area contributed by atoms with E-state index in [-0.39, 0.29) is 18.9 Å². The van der Waals surface area contributed by atoms with Crippen molar-refractivity contribution in [3.8, 4) is 17.0 Å². The van der Waals surface area contributed by atoms with Gasteiger partial charge in [-0.2, -0.15) is 10.1 Å². The lowest BCUT2D eigenvalue weighted by Crippen LogP contribution is -2.26. The molecular formula is C20H20F2N6O. The molecule has 1 aliphatic rings. The first kappa shape index (κ1) is 18.0. The number of methoxy groups -OCH3 is 1. The molecule has 1 fully saturated rings. The molecule has 0 amide bonds. The van der Waals surface area contributed by atoms with Gasteiger partial charge in [-0.1, -0.05) is 0 Å². The van der Waals surface area contributed by atoms with Crippen molar-refractivity contribution < 1.29 is 13.5 Å². The summed E-state index contributed by atoms with van der Waals surface area (Å²) in [7, 11) is 1.57. The molecule has 0 aromatic carbocycles. The zero-order valence-electron chi connectivity index (χ0n) is 16.1. The summed E-state index contributed by atoms with van der Waals surface area (Å²) in [6.45, 7) is 1.90. The number of imidazole rings is 1. The van der Waals surface area contributed by atoms with Crippen LogP contribution in [0.25, 0.3) is 27.8 Å². The van der Waals surface area contributed by atoms with Crippen molar-refractivity contribution in [2.75, 3.05) is 7.11 Å². The zero-order chi connectivity index (χ0) is 20.2. The van der Waals surface area contributed by atoms with Gasteiger partial charge in [-0.15, -0.1) is 0 Å². The third-order valence-corrected chi connectivity index (χ3v) is 5.70. The SMILES string of the molecule is COc1ncnn2ccc(-c3cnc4nc(C)n(C5CCC(F)(F)CC5)c4c3)c12. The number of hydrogen-bond acceptors (Lipinski definition) is 5. The number of aryl methyl sites for hydroxylation is 1. The van der Waals surface area contributed by atoms with Crippen LogP contribution in [-0.4, -0.2) is 42.2 Å². The molecule has 0 aliphatic heterocycles. The maximum Gasteiger partial charge on any atom is 0.248 e. The summed E-state index contributed by atoms with van der Waals surface area (Å²) in [4.78, 5) is 13.3. The molecule has 9 heteroatoms. The van der Waals surface area contributed by atoms with Crippen LogP contribution < -0.4 is 4.74 Å². The van der Waals surface area contributed by atoms with E-state index in [4.69, 9.17) is 4.74 Å². The van der Waals surface area contributed by atoms with Gasteiger partial charge in [0.2, 0.25) is 11.8 Å². The molecule has 0 radical (unpaired) electrons. The van der Waals surface area contributed by atoms with Crippen molar-refractivity contribution in [2.45, 2.75) is 44.6 Å². The van der Waals surface area contributed by atoms with Gasteiger partial charge in [0.25, 0.3) is 0 Å². The van der Waals surface area contributed by atoms with Gasteiger partial charge in [0.05, 0.1) is 12.6 Å². The van der Waals surface area contributed by atoms with Crippen LogP contribution in [0, 0.1) is 6.92 Å². The van der Waals surface area contributed by atoms with Gasteiger partial charge in [0.1, 0.15) is 17.7 Å². The zero-order valence-corrected chi connectivity index (χ0v) is 16.1. The second-order valence-corrected chi connectivity index (χ2v) is 7.47. The molecule has 7 nitrogen and oxygen atoms in total. The van der Waals surface area contributed by atoms with Crippen molar-refractivity contribution in [1.82, 2.24) is 29.1 Å². The highest BCUT2D eigenvalue weighted by atomic mass is 19.3. The molecule has 1 aliphatic carbocycles. The summed E-state index contributed by atoms with van der Waals surface area (Å²) in [5.74, 6) is -1.30. The van der Waals surface area contributed by atoms with E-state index < -0.39 is 5.92 Å². The number of pyridine rings is 1. The second kappa shape index (κ2) is 6.47. The van der Waals surface area contributed by atoms with Crippen molar-refractivity contribution >= 4 is 16.7 Å². The lowest BCUT2D eigenvalue weighted by atomic mass is 9.92. The number of fused-ring (bicyclic) bond motifs is 2. The van der Waals surface area contributed by atoms with E-state index >= 15 is 0 Å². The number of alkyl halides is 2. The predicted octanol–water partition coefficient (Wildman–Crippen LogP) is 4.21. The van der Waals surface area contributed by atoms with Crippen LogP contribution in [0.2, 0.25) is 0 Å². The highest BCUT2D eigenvalue weighted by molar-refractivity contribution is 5.87. The summed E-state index contributed by atoms with van der Waals surface area (Å²) in [5.41, 5.74) is 3.98. The Labute approximate surface area is 165 Å². The molecule has 0 atom stereocenters. The maximum absolute atomic E-state index is 13.6. The first-order valence-corrected chi connectivity index (χ1v) is 9.56. The Morgan fingerprint density at radius 1 is 1.21 bits per heavy atom. The molecule has 150 valence electrons. The fourth-order valence-electron chi connectivity index (χ4n) is 4.29. The first-order valence-electron chi connectivity index (χ1n) is 9.56. The molecule has 0 unspecified atom stereocenters. The van der Waals surface area contributed by atoms with E-state index in [1.54, 1.807) is 17.8 Å². The van der Waals surface area contributed by atoms with Crippen LogP contribution in [0.15, 0.2) is 30.9 Å². The largest absolute Gasteiger partial charge is 0.479 e. The van der Waals surface area contributed by atoms with E-state index in [1.807, 2.05) is 25.3 Å². The smallest absolute Gasteiger partial charge is 0.248 e. The van der Waals surface area contributed by atoms with Crippen molar-refractivity contribution in [1.29, 1.82) is 0 Å². The minimum Gasteiger partial charge on any atom is -0.479 e. The lowest BCUT2D eigenvalue weighted by Gasteiger charge is -2.30. The van der Waals surface area contributed by atoms with Crippen LogP contribution >= 0.6 is 0 Å². The van der Waals surface area contributed by atoms with Crippen LogP contribution in [0.1, 0.15) is 37.5 Å². The molecule has 0 N–H and O–H groups in total. The topological polar surface area (TPSA) is 70.1 Å². The van der Waals surface area contributed by atoms with Crippen molar-refractivity contribution in [3.05, 3.63) is 36.7 Å². The monoisotopic (exact) mass is 398 g/mol. The Bertz CT molecular complexity index is 1200. The highest BCUT2D eigenvalue weighted by Crippen LogP contribution is 2.40. The fraction of sp³-hybridized carbons (Fsp3) is 0.400. The van der Waals surface area contributed by atoms with E-state index in [9.17, 15) is 8.78 Å². The van der Waals surface area contributed by atoms with Gasteiger partial charge < -0.3 is 9.30 Å². The number of hydrogen-bond donors (Lipinski definition) is 0. The predicted molar refractivity (Wildman–Crippen MR) is 103 cm³/mol. The molecule has 1 saturated carbocycles. The van der Waals surface area contributed by atoms with Crippen LogP contribution in [0.4, 0.5) is 8.78 Å².